The molecule has 2 amide bonds. The number of methoxy groups -OCH3 is 1. The average molecular weight is 384 g/mol. The Bertz CT molecular complexity index is 630. The topological polar surface area (TPSA) is 97.0 Å². The molecular formula is C17H22ClN3O5. The number of hydrogen-bond acceptors (Lipinski definition) is 6. The third-order valence-electron chi connectivity index (χ3n) is 4.01. The molecule has 0 bridgehead atoms. The number of rotatable bonds is 6. The van der Waals surface area contributed by atoms with Crippen molar-refractivity contribution < 1.29 is 23.9 Å². The smallest absolute Gasteiger partial charge is 0.308 e. The van der Waals surface area contributed by atoms with Crippen molar-refractivity contribution >= 4 is 29.4 Å². The van der Waals surface area contributed by atoms with Crippen LogP contribution >= 0.6 is 11.6 Å². The normalized spacial score (nSPS) is 15.2. The molecule has 1 aliphatic heterocycles. The summed E-state index contributed by atoms with van der Waals surface area (Å²) in [6.45, 7) is 1.17. The number of halogens is 1. The lowest BCUT2D eigenvalue weighted by Gasteiger charge is -2.29. The molecule has 1 aromatic carbocycles. The van der Waals surface area contributed by atoms with Gasteiger partial charge < -0.3 is 9.47 Å². The molecule has 142 valence electrons. The number of nitrogens with zero attached hydrogens (tertiary/aromatic N) is 1. The minimum atomic E-state index is -0.474. The van der Waals surface area contributed by atoms with Crippen molar-refractivity contribution in [1.82, 2.24) is 15.8 Å². The molecule has 1 aromatic rings. The summed E-state index contributed by atoms with van der Waals surface area (Å²) in [4.78, 5) is 37.0. The van der Waals surface area contributed by atoms with E-state index >= 15 is 0 Å². The van der Waals surface area contributed by atoms with E-state index in [0.29, 0.717) is 36.7 Å². The average Bonchev–Trinajstić information content (AvgIpc) is 2.66. The largest absolute Gasteiger partial charge is 0.484 e. The SMILES string of the molecule is COC(=O)C1CCN(CC(=O)NNC(=O)COc2ccc(Cl)cc2)CC1. The molecule has 0 unspecified atom stereocenters. The van der Waals surface area contributed by atoms with E-state index in [9.17, 15) is 14.4 Å². The van der Waals surface area contributed by atoms with Gasteiger partial charge in [-0.25, -0.2) is 0 Å². The Labute approximate surface area is 156 Å². The Balaban J connectivity index is 1.61. The molecule has 1 fully saturated rings. The molecule has 1 heterocycles. The van der Waals surface area contributed by atoms with Gasteiger partial charge in [-0.1, -0.05) is 11.6 Å². The molecule has 0 aromatic heterocycles. The highest BCUT2D eigenvalue weighted by Gasteiger charge is 2.26. The fourth-order valence-corrected chi connectivity index (χ4v) is 2.72. The zero-order valence-electron chi connectivity index (χ0n) is 14.5. The second kappa shape index (κ2) is 9.98. The molecule has 8 nitrogen and oxygen atoms in total. The van der Waals surface area contributed by atoms with E-state index in [1.807, 2.05) is 4.90 Å². The lowest BCUT2D eigenvalue weighted by molar-refractivity contribution is -0.147. The Hall–Kier alpha value is -2.32. The van der Waals surface area contributed by atoms with Crippen molar-refractivity contribution in [2.45, 2.75) is 12.8 Å². The number of likely N-dealkylation sites (tertiary alicyclic amines) is 1. The molecular weight excluding hydrogens is 362 g/mol. The zero-order valence-corrected chi connectivity index (χ0v) is 15.3. The number of carbonyl (C=O) groups excluding carboxylic acids is 3. The highest BCUT2D eigenvalue weighted by Crippen LogP contribution is 2.18. The van der Waals surface area contributed by atoms with E-state index in [-0.39, 0.29) is 30.9 Å². The van der Waals surface area contributed by atoms with Gasteiger partial charge in [-0.05, 0) is 50.2 Å². The molecule has 2 N–H and O–H groups in total. The van der Waals surface area contributed by atoms with Gasteiger partial charge in [0, 0.05) is 5.02 Å². The molecule has 0 spiro atoms. The minimum absolute atomic E-state index is 0.107. The molecule has 2 rings (SSSR count). The highest BCUT2D eigenvalue weighted by molar-refractivity contribution is 6.30. The minimum Gasteiger partial charge on any atom is -0.484 e. The van der Waals surface area contributed by atoms with Crippen molar-refractivity contribution in [3.63, 3.8) is 0 Å². The van der Waals surface area contributed by atoms with Crippen LogP contribution in [0.2, 0.25) is 5.02 Å². The van der Waals surface area contributed by atoms with Crippen LogP contribution in [0.15, 0.2) is 24.3 Å². The number of esters is 1. The maximum absolute atomic E-state index is 11.9. The lowest BCUT2D eigenvalue weighted by Crippen LogP contribution is -2.49. The Morgan fingerprint density at radius 3 is 2.35 bits per heavy atom. The monoisotopic (exact) mass is 383 g/mol. The third kappa shape index (κ3) is 6.53. The fourth-order valence-electron chi connectivity index (χ4n) is 2.59. The molecule has 9 heteroatoms. The van der Waals surface area contributed by atoms with Crippen LogP contribution in [0.1, 0.15) is 12.8 Å². The van der Waals surface area contributed by atoms with Crippen LogP contribution in [-0.4, -0.2) is 56.0 Å². The molecule has 1 saturated heterocycles. The van der Waals surface area contributed by atoms with Gasteiger partial charge in [0.1, 0.15) is 5.75 Å². The first-order valence-corrected chi connectivity index (χ1v) is 8.62. The van der Waals surface area contributed by atoms with Crippen LogP contribution in [0.5, 0.6) is 5.75 Å². The second-order valence-corrected chi connectivity index (χ2v) is 6.35. The summed E-state index contributed by atoms with van der Waals surface area (Å²) < 4.78 is 10.0. The van der Waals surface area contributed by atoms with Crippen LogP contribution in [0.25, 0.3) is 0 Å². The van der Waals surface area contributed by atoms with Gasteiger partial charge in [0.05, 0.1) is 19.6 Å². The maximum atomic E-state index is 11.9. The third-order valence-corrected chi connectivity index (χ3v) is 4.27. The molecule has 0 aliphatic carbocycles. The predicted molar refractivity (Wildman–Crippen MR) is 94.4 cm³/mol. The van der Waals surface area contributed by atoms with E-state index in [2.05, 4.69) is 10.9 Å². The summed E-state index contributed by atoms with van der Waals surface area (Å²) in [6.07, 6.45) is 1.31. The first-order chi connectivity index (χ1) is 12.5. The van der Waals surface area contributed by atoms with Crippen LogP contribution in [-0.2, 0) is 19.1 Å². The Kier molecular flexibility index (Phi) is 7.68. The highest BCUT2D eigenvalue weighted by atomic mass is 35.5. The van der Waals surface area contributed by atoms with E-state index in [1.165, 1.54) is 7.11 Å². The van der Waals surface area contributed by atoms with E-state index in [1.54, 1.807) is 24.3 Å². The number of piperidine rings is 1. The van der Waals surface area contributed by atoms with Gasteiger partial charge in [0.15, 0.2) is 6.61 Å². The molecule has 0 atom stereocenters. The quantitative estimate of drug-likeness (QED) is 0.556. The molecule has 26 heavy (non-hydrogen) atoms. The number of benzene rings is 1. The molecule has 1 aliphatic rings. The number of ether oxygens (including phenoxy) is 2. The number of hydrazine groups is 1. The summed E-state index contributed by atoms with van der Waals surface area (Å²) in [5, 5.41) is 0.574. The number of amides is 2. The number of nitrogens with one attached hydrogen (secondary N) is 2. The fraction of sp³-hybridized carbons (Fsp3) is 0.471. The molecule has 0 saturated carbocycles. The van der Waals surface area contributed by atoms with E-state index in [0.717, 1.165) is 0 Å². The summed E-state index contributed by atoms with van der Waals surface area (Å²) in [6, 6.07) is 6.60. The van der Waals surface area contributed by atoms with Crippen LogP contribution in [0.4, 0.5) is 0 Å². The first kappa shape index (κ1) is 20.0. The number of carbonyl (C=O) groups is 3. The van der Waals surface area contributed by atoms with Crippen molar-refractivity contribution in [2.75, 3.05) is 33.4 Å². The summed E-state index contributed by atoms with van der Waals surface area (Å²) >= 11 is 5.76. The van der Waals surface area contributed by atoms with Crippen LogP contribution in [0.3, 0.4) is 0 Å². The van der Waals surface area contributed by atoms with Gasteiger partial charge in [-0.2, -0.15) is 0 Å². The van der Waals surface area contributed by atoms with Crippen molar-refractivity contribution in [3.8, 4) is 5.75 Å². The van der Waals surface area contributed by atoms with Gasteiger partial charge in [0.25, 0.3) is 11.8 Å². The van der Waals surface area contributed by atoms with Crippen molar-refractivity contribution in [1.29, 1.82) is 0 Å². The zero-order chi connectivity index (χ0) is 18.9. The van der Waals surface area contributed by atoms with Crippen LogP contribution < -0.4 is 15.6 Å². The lowest BCUT2D eigenvalue weighted by atomic mass is 9.97. The summed E-state index contributed by atoms with van der Waals surface area (Å²) in [5.41, 5.74) is 4.65. The Morgan fingerprint density at radius 1 is 1.12 bits per heavy atom. The summed E-state index contributed by atoms with van der Waals surface area (Å²) in [7, 11) is 1.38. The Morgan fingerprint density at radius 2 is 1.73 bits per heavy atom. The summed E-state index contributed by atoms with van der Waals surface area (Å²) in [5.74, 6) is -0.616. The van der Waals surface area contributed by atoms with Gasteiger partial charge in [-0.15, -0.1) is 0 Å². The first-order valence-electron chi connectivity index (χ1n) is 8.24. The number of hydrogen-bond donors (Lipinski definition) is 2. The van der Waals surface area contributed by atoms with Gasteiger partial charge >= 0.3 is 5.97 Å². The van der Waals surface area contributed by atoms with Gasteiger partial charge in [-0.3, -0.25) is 30.1 Å². The van der Waals surface area contributed by atoms with E-state index < -0.39 is 5.91 Å². The predicted octanol–water partition coefficient (Wildman–Crippen LogP) is 0.751. The molecule has 0 radical (unpaired) electrons. The second-order valence-electron chi connectivity index (χ2n) is 5.91. The van der Waals surface area contributed by atoms with Crippen molar-refractivity contribution in [2.24, 2.45) is 5.92 Å². The van der Waals surface area contributed by atoms with Crippen LogP contribution in [0, 0.1) is 5.92 Å². The van der Waals surface area contributed by atoms with E-state index in [4.69, 9.17) is 21.1 Å². The standard InChI is InChI=1S/C17H22ClN3O5/c1-25-17(24)12-6-8-21(9-7-12)10-15(22)19-20-16(23)11-26-14-4-2-13(18)3-5-14/h2-5,12H,6-11H2,1H3,(H,19,22)(H,20,23). The van der Waals surface area contributed by atoms with Crippen molar-refractivity contribution in [3.05, 3.63) is 29.3 Å². The maximum Gasteiger partial charge on any atom is 0.308 e. The van der Waals surface area contributed by atoms with Gasteiger partial charge in [0.2, 0.25) is 0 Å².